The van der Waals surface area contributed by atoms with Gasteiger partial charge >= 0.3 is 5.97 Å². The number of carbonyl (C=O) groups is 2. The summed E-state index contributed by atoms with van der Waals surface area (Å²) in [5.41, 5.74) is 6.57. The van der Waals surface area contributed by atoms with Gasteiger partial charge in [-0.25, -0.2) is 0 Å². The third-order valence-corrected chi connectivity index (χ3v) is 3.23. The molecule has 0 bridgehead atoms. The minimum absolute atomic E-state index is 0.110. The number of carbonyl (C=O) groups excluding carboxylic acids is 1. The van der Waals surface area contributed by atoms with Crippen LogP contribution in [0, 0.1) is 5.92 Å². The molecule has 5 nitrogen and oxygen atoms in total. The summed E-state index contributed by atoms with van der Waals surface area (Å²) in [6.07, 6.45) is 0.671. The highest BCUT2D eigenvalue weighted by Crippen LogP contribution is 2.14. The van der Waals surface area contributed by atoms with Gasteiger partial charge in [-0.15, -0.1) is 0 Å². The molecule has 1 aromatic rings. The van der Waals surface area contributed by atoms with Gasteiger partial charge in [0.2, 0.25) is 5.91 Å². The number of carboxylic acids is 1. The minimum Gasteiger partial charge on any atom is -0.481 e. The molecule has 1 amide bonds. The van der Waals surface area contributed by atoms with Gasteiger partial charge in [0, 0.05) is 19.5 Å². The molecule has 1 rings (SSSR count). The number of nitrogens with one attached hydrogen (secondary N) is 1. The first-order valence-electron chi connectivity index (χ1n) is 6.79. The Labute approximate surface area is 119 Å². The third kappa shape index (κ3) is 5.40. The van der Waals surface area contributed by atoms with Crippen LogP contribution < -0.4 is 11.1 Å². The molecule has 0 radical (unpaired) electrons. The van der Waals surface area contributed by atoms with Crippen molar-refractivity contribution in [3.8, 4) is 0 Å². The third-order valence-electron chi connectivity index (χ3n) is 3.23. The number of hydrogen-bond donors (Lipinski definition) is 3. The molecule has 0 saturated heterocycles. The molecular weight excluding hydrogens is 256 g/mol. The highest BCUT2D eigenvalue weighted by Gasteiger charge is 2.19. The van der Waals surface area contributed by atoms with Crippen molar-refractivity contribution in [3.63, 3.8) is 0 Å². The van der Waals surface area contributed by atoms with Crippen molar-refractivity contribution >= 4 is 11.9 Å². The number of carboxylic acid groups (broad SMARTS) is 1. The van der Waals surface area contributed by atoms with Crippen molar-refractivity contribution in [2.24, 2.45) is 11.7 Å². The van der Waals surface area contributed by atoms with E-state index in [2.05, 4.69) is 5.32 Å². The van der Waals surface area contributed by atoms with Gasteiger partial charge in [0.05, 0.1) is 5.92 Å². The standard InChI is InChI=1S/C15H22N2O3/c1-11(7-8-14(18)19)10-17-15(20)13(9-16)12-5-3-2-4-6-12/h2-6,11,13H,7-10,16H2,1H3,(H,17,20)(H,18,19). The van der Waals surface area contributed by atoms with Gasteiger partial charge in [0.15, 0.2) is 0 Å². The fourth-order valence-corrected chi connectivity index (χ4v) is 1.95. The van der Waals surface area contributed by atoms with Crippen molar-refractivity contribution in [1.29, 1.82) is 0 Å². The molecule has 2 atom stereocenters. The van der Waals surface area contributed by atoms with Crippen LogP contribution in [0.2, 0.25) is 0 Å². The zero-order chi connectivity index (χ0) is 15.0. The molecule has 20 heavy (non-hydrogen) atoms. The maximum atomic E-state index is 12.1. The first kappa shape index (κ1) is 16.2. The zero-order valence-corrected chi connectivity index (χ0v) is 11.7. The summed E-state index contributed by atoms with van der Waals surface area (Å²) >= 11 is 0. The van der Waals surface area contributed by atoms with Crippen molar-refractivity contribution in [1.82, 2.24) is 5.32 Å². The lowest BCUT2D eigenvalue weighted by Crippen LogP contribution is -2.36. The molecule has 0 fully saturated rings. The average molecular weight is 278 g/mol. The normalized spacial score (nSPS) is 13.5. The monoisotopic (exact) mass is 278 g/mol. The summed E-state index contributed by atoms with van der Waals surface area (Å²) in [7, 11) is 0. The molecule has 5 heteroatoms. The van der Waals surface area contributed by atoms with Crippen LogP contribution in [0.3, 0.4) is 0 Å². The zero-order valence-electron chi connectivity index (χ0n) is 11.7. The molecule has 0 aliphatic carbocycles. The van der Waals surface area contributed by atoms with E-state index in [4.69, 9.17) is 10.8 Å². The second-order valence-electron chi connectivity index (χ2n) is 4.98. The maximum absolute atomic E-state index is 12.1. The van der Waals surface area contributed by atoms with Crippen molar-refractivity contribution < 1.29 is 14.7 Å². The molecule has 0 saturated carbocycles. The Kier molecular flexibility index (Phi) is 6.73. The topological polar surface area (TPSA) is 92.4 Å². The lowest BCUT2D eigenvalue weighted by molar-refractivity contribution is -0.137. The number of aliphatic carboxylic acids is 1. The van der Waals surface area contributed by atoms with E-state index in [0.29, 0.717) is 13.0 Å². The number of hydrogen-bond acceptors (Lipinski definition) is 3. The van der Waals surface area contributed by atoms with Crippen molar-refractivity contribution in [2.45, 2.75) is 25.7 Å². The van der Waals surface area contributed by atoms with Crippen LogP contribution in [0.25, 0.3) is 0 Å². The van der Waals surface area contributed by atoms with Gasteiger partial charge in [-0.2, -0.15) is 0 Å². The highest BCUT2D eigenvalue weighted by atomic mass is 16.4. The Hall–Kier alpha value is -1.88. The molecule has 0 aliphatic rings. The van der Waals surface area contributed by atoms with E-state index >= 15 is 0 Å². The fourth-order valence-electron chi connectivity index (χ4n) is 1.95. The molecule has 1 aromatic carbocycles. The molecular formula is C15H22N2O3. The van der Waals surface area contributed by atoms with E-state index in [1.807, 2.05) is 37.3 Å². The van der Waals surface area contributed by atoms with Gasteiger partial charge in [-0.05, 0) is 17.9 Å². The summed E-state index contributed by atoms with van der Waals surface area (Å²) in [5, 5.41) is 11.5. The van der Waals surface area contributed by atoms with Gasteiger partial charge in [-0.1, -0.05) is 37.3 Å². The van der Waals surface area contributed by atoms with Crippen LogP contribution in [0.5, 0.6) is 0 Å². The van der Waals surface area contributed by atoms with Crippen LogP contribution in [0.1, 0.15) is 31.2 Å². The van der Waals surface area contributed by atoms with E-state index in [-0.39, 0.29) is 30.7 Å². The quantitative estimate of drug-likeness (QED) is 0.669. The smallest absolute Gasteiger partial charge is 0.303 e. The Morgan fingerprint density at radius 2 is 1.95 bits per heavy atom. The summed E-state index contributed by atoms with van der Waals surface area (Å²) in [5.74, 6) is -1.15. The molecule has 2 unspecified atom stereocenters. The van der Waals surface area contributed by atoms with Crippen LogP contribution in [-0.4, -0.2) is 30.1 Å². The summed E-state index contributed by atoms with van der Waals surface area (Å²) < 4.78 is 0. The summed E-state index contributed by atoms with van der Waals surface area (Å²) in [6.45, 7) is 2.64. The van der Waals surface area contributed by atoms with Gasteiger partial charge in [-0.3, -0.25) is 9.59 Å². The first-order chi connectivity index (χ1) is 9.54. The minimum atomic E-state index is -0.813. The lowest BCUT2D eigenvalue weighted by Gasteiger charge is -2.17. The van der Waals surface area contributed by atoms with Crippen molar-refractivity contribution in [3.05, 3.63) is 35.9 Å². The second-order valence-corrected chi connectivity index (χ2v) is 4.98. The maximum Gasteiger partial charge on any atom is 0.303 e. The van der Waals surface area contributed by atoms with Gasteiger partial charge in [0.25, 0.3) is 0 Å². The number of benzene rings is 1. The average Bonchev–Trinajstić information content (AvgIpc) is 2.45. The Balaban J connectivity index is 2.46. The second kappa shape index (κ2) is 8.32. The first-order valence-corrected chi connectivity index (χ1v) is 6.79. The van der Waals surface area contributed by atoms with E-state index in [0.717, 1.165) is 5.56 Å². The van der Waals surface area contributed by atoms with Gasteiger partial charge in [0.1, 0.15) is 0 Å². The molecule has 0 spiro atoms. The summed E-state index contributed by atoms with van der Waals surface area (Å²) in [4.78, 5) is 22.6. The van der Waals surface area contributed by atoms with Crippen LogP contribution in [0.15, 0.2) is 30.3 Å². The largest absolute Gasteiger partial charge is 0.481 e. The molecule has 0 heterocycles. The van der Waals surface area contributed by atoms with E-state index in [9.17, 15) is 9.59 Å². The number of amides is 1. The predicted molar refractivity (Wildman–Crippen MR) is 77.3 cm³/mol. The van der Waals surface area contributed by atoms with Crippen LogP contribution in [0.4, 0.5) is 0 Å². The SMILES string of the molecule is CC(CCC(=O)O)CNC(=O)C(CN)c1ccccc1. The van der Waals surface area contributed by atoms with Crippen LogP contribution in [-0.2, 0) is 9.59 Å². The number of nitrogens with two attached hydrogens (primary N) is 1. The molecule has 0 aliphatic heterocycles. The predicted octanol–water partition coefficient (Wildman–Crippen LogP) is 1.35. The van der Waals surface area contributed by atoms with Crippen LogP contribution >= 0.6 is 0 Å². The Morgan fingerprint density at radius 3 is 2.50 bits per heavy atom. The highest BCUT2D eigenvalue weighted by molar-refractivity contribution is 5.83. The van der Waals surface area contributed by atoms with E-state index in [1.54, 1.807) is 0 Å². The molecule has 110 valence electrons. The summed E-state index contributed by atoms with van der Waals surface area (Å²) in [6, 6.07) is 9.40. The van der Waals surface area contributed by atoms with Crippen molar-refractivity contribution in [2.75, 3.05) is 13.1 Å². The lowest BCUT2D eigenvalue weighted by atomic mass is 9.98. The van der Waals surface area contributed by atoms with E-state index < -0.39 is 5.97 Å². The number of rotatable bonds is 8. The van der Waals surface area contributed by atoms with Gasteiger partial charge < -0.3 is 16.2 Å². The molecule has 4 N–H and O–H groups in total. The Bertz CT molecular complexity index is 434. The Morgan fingerprint density at radius 1 is 1.30 bits per heavy atom. The molecule has 0 aromatic heterocycles. The fraction of sp³-hybridized carbons (Fsp3) is 0.467. The van der Waals surface area contributed by atoms with E-state index in [1.165, 1.54) is 0 Å².